The highest BCUT2D eigenvalue weighted by Gasteiger charge is 2.57. The molecule has 0 amide bonds. The highest BCUT2D eigenvalue weighted by atomic mass is 79.9. The summed E-state index contributed by atoms with van der Waals surface area (Å²) in [6, 6.07) is 6.02. The number of benzene rings is 1. The number of rotatable bonds is 4. The molecule has 3 heteroatoms. The van der Waals surface area contributed by atoms with Crippen molar-refractivity contribution in [2.75, 3.05) is 6.54 Å². The lowest BCUT2D eigenvalue weighted by Crippen LogP contribution is -2.26. The van der Waals surface area contributed by atoms with Gasteiger partial charge in [0.1, 0.15) is 5.82 Å². The molecule has 1 fully saturated rings. The summed E-state index contributed by atoms with van der Waals surface area (Å²) in [5.41, 5.74) is 1.39. The van der Waals surface area contributed by atoms with Gasteiger partial charge in [-0.1, -0.05) is 33.8 Å². The summed E-state index contributed by atoms with van der Waals surface area (Å²) in [7, 11) is 0. The fourth-order valence-electron chi connectivity index (χ4n) is 2.86. The Bertz CT molecular complexity index is 442. The van der Waals surface area contributed by atoms with E-state index >= 15 is 0 Å². The maximum atomic E-state index is 13.6. The van der Waals surface area contributed by atoms with Gasteiger partial charge in [-0.2, -0.15) is 0 Å². The molecule has 1 aromatic rings. The summed E-state index contributed by atoms with van der Waals surface area (Å²) in [4.78, 5) is 0. The molecule has 1 aliphatic rings. The number of halogens is 2. The molecule has 2 unspecified atom stereocenters. The van der Waals surface area contributed by atoms with Gasteiger partial charge in [-0.15, -0.1) is 0 Å². The van der Waals surface area contributed by atoms with Crippen LogP contribution in [0.1, 0.15) is 39.2 Å². The Morgan fingerprint density at radius 3 is 2.61 bits per heavy atom. The molecule has 1 N–H and O–H groups in total. The van der Waals surface area contributed by atoms with E-state index in [1.807, 2.05) is 12.1 Å². The largest absolute Gasteiger partial charge is 0.314 e. The van der Waals surface area contributed by atoms with Gasteiger partial charge in [0, 0.05) is 6.04 Å². The van der Waals surface area contributed by atoms with Crippen LogP contribution >= 0.6 is 15.9 Å². The van der Waals surface area contributed by atoms with E-state index in [9.17, 15) is 4.39 Å². The Kier molecular flexibility index (Phi) is 3.84. The highest BCUT2D eigenvalue weighted by Crippen LogP contribution is 2.64. The van der Waals surface area contributed by atoms with Gasteiger partial charge in [0.15, 0.2) is 0 Å². The average Bonchev–Trinajstić information content (AvgIpc) is 2.82. The first-order chi connectivity index (χ1) is 8.34. The molecule has 0 heterocycles. The van der Waals surface area contributed by atoms with Crippen LogP contribution in [0.25, 0.3) is 0 Å². The molecule has 100 valence electrons. The summed E-state index contributed by atoms with van der Waals surface area (Å²) in [5, 5.41) is 3.49. The van der Waals surface area contributed by atoms with Crippen molar-refractivity contribution < 1.29 is 4.39 Å². The molecule has 0 spiro atoms. The zero-order chi connectivity index (χ0) is 13.5. The van der Waals surface area contributed by atoms with Crippen LogP contribution < -0.4 is 5.32 Å². The maximum absolute atomic E-state index is 13.6. The molecule has 2 rings (SSSR count). The Hall–Kier alpha value is -0.410. The molecule has 1 aliphatic carbocycles. The first-order valence-electron chi connectivity index (χ1n) is 6.52. The van der Waals surface area contributed by atoms with Gasteiger partial charge in [0.05, 0.1) is 4.47 Å². The molecule has 0 aromatic heterocycles. The molecule has 18 heavy (non-hydrogen) atoms. The lowest BCUT2D eigenvalue weighted by molar-refractivity contribution is 0.491. The van der Waals surface area contributed by atoms with Crippen LogP contribution in [0, 0.1) is 17.2 Å². The second-order valence-electron chi connectivity index (χ2n) is 6.14. The molecule has 0 saturated heterocycles. The van der Waals surface area contributed by atoms with E-state index in [0.29, 0.717) is 22.4 Å². The summed E-state index contributed by atoms with van der Waals surface area (Å²) in [6.45, 7) is 9.86. The van der Waals surface area contributed by atoms with E-state index in [1.165, 1.54) is 0 Å². The van der Waals surface area contributed by atoms with Crippen LogP contribution in [0.4, 0.5) is 4.39 Å². The molecular formula is C15H21BrFN. The first kappa shape index (κ1) is 14.0. The highest BCUT2D eigenvalue weighted by molar-refractivity contribution is 9.10. The van der Waals surface area contributed by atoms with Crippen molar-refractivity contribution in [1.82, 2.24) is 5.32 Å². The second kappa shape index (κ2) is 4.93. The third kappa shape index (κ3) is 2.62. The average molecular weight is 314 g/mol. The van der Waals surface area contributed by atoms with E-state index in [-0.39, 0.29) is 11.2 Å². The molecular weight excluding hydrogens is 293 g/mol. The van der Waals surface area contributed by atoms with Gasteiger partial charge in [0.2, 0.25) is 0 Å². The molecule has 1 aromatic carbocycles. The van der Waals surface area contributed by atoms with Crippen molar-refractivity contribution in [2.45, 2.75) is 39.7 Å². The standard InChI is InChI=1S/C15H21BrFN/c1-9(2)18-8-11-14(15(11,3)4)10-5-6-12(16)13(17)7-10/h5-7,9,11,14,18H,8H2,1-4H3. The van der Waals surface area contributed by atoms with Gasteiger partial charge >= 0.3 is 0 Å². The molecule has 0 aliphatic heterocycles. The molecule has 1 saturated carbocycles. The van der Waals surface area contributed by atoms with Crippen molar-refractivity contribution in [3.05, 3.63) is 34.1 Å². The summed E-state index contributed by atoms with van der Waals surface area (Å²) in [5.74, 6) is 0.901. The van der Waals surface area contributed by atoms with E-state index in [4.69, 9.17) is 0 Å². The summed E-state index contributed by atoms with van der Waals surface area (Å²) >= 11 is 3.20. The van der Waals surface area contributed by atoms with Gasteiger partial charge in [-0.05, 0) is 57.4 Å². The van der Waals surface area contributed by atoms with Gasteiger partial charge < -0.3 is 5.32 Å². The van der Waals surface area contributed by atoms with Crippen molar-refractivity contribution in [3.63, 3.8) is 0 Å². The fourth-order valence-corrected chi connectivity index (χ4v) is 3.10. The predicted octanol–water partition coefficient (Wildman–Crippen LogP) is 4.33. The topological polar surface area (TPSA) is 12.0 Å². The Morgan fingerprint density at radius 2 is 2.06 bits per heavy atom. The fraction of sp³-hybridized carbons (Fsp3) is 0.600. The van der Waals surface area contributed by atoms with Crippen LogP contribution in [-0.4, -0.2) is 12.6 Å². The Morgan fingerprint density at radius 1 is 1.39 bits per heavy atom. The Balaban J connectivity index is 2.11. The van der Waals surface area contributed by atoms with Gasteiger partial charge in [-0.25, -0.2) is 4.39 Å². The maximum Gasteiger partial charge on any atom is 0.137 e. The van der Waals surface area contributed by atoms with Crippen LogP contribution in [0.2, 0.25) is 0 Å². The third-order valence-electron chi connectivity index (χ3n) is 4.10. The van der Waals surface area contributed by atoms with E-state index < -0.39 is 0 Å². The van der Waals surface area contributed by atoms with Gasteiger partial charge in [0.25, 0.3) is 0 Å². The van der Waals surface area contributed by atoms with Crippen molar-refractivity contribution >= 4 is 15.9 Å². The summed E-state index contributed by atoms with van der Waals surface area (Å²) in [6.07, 6.45) is 0. The zero-order valence-electron chi connectivity index (χ0n) is 11.4. The normalized spacial score (nSPS) is 25.5. The molecule has 0 radical (unpaired) electrons. The van der Waals surface area contributed by atoms with Gasteiger partial charge in [-0.3, -0.25) is 0 Å². The minimum Gasteiger partial charge on any atom is -0.314 e. The predicted molar refractivity (Wildman–Crippen MR) is 77.3 cm³/mol. The third-order valence-corrected chi connectivity index (χ3v) is 4.74. The second-order valence-corrected chi connectivity index (χ2v) is 7.00. The summed E-state index contributed by atoms with van der Waals surface area (Å²) < 4.78 is 14.1. The number of nitrogens with one attached hydrogen (secondary N) is 1. The Labute approximate surface area is 117 Å². The SMILES string of the molecule is CC(C)NCC1C(c2ccc(Br)c(F)c2)C1(C)C. The van der Waals surface area contributed by atoms with Crippen LogP contribution in [-0.2, 0) is 0 Å². The monoisotopic (exact) mass is 313 g/mol. The molecule has 2 atom stereocenters. The van der Waals surface area contributed by atoms with E-state index in [0.717, 1.165) is 12.1 Å². The lowest BCUT2D eigenvalue weighted by atomic mass is 10.0. The zero-order valence-corrected chi connectivity index (χ0v) is 13.0. The minimum atomic E-state index is -0.161. The lowest BCUT2D eigenvalue weighted by Gasteiger charge is -2.08. The van der Waals surface area contributed by atoms with E-state index in [1.54, 1.807) is 6.07 Å². The van der Waals surface area contributed by atoms with Crippen molar-refractivity contribution in [1.29, 1.82) is 0 Å². The van der Waals surface area contributed by atoms with Crippen LogP contribution in [0.15, 0.2) is 22.7 Å². The quantitative estimate of drug-likeness (QED) is 0.872. The van der Waals surface area contributed by atoms with Crippen LogP contribution in [0.5, 0.6) is 0 Å². The molecule has 1 nitrogen and oxygen atoms in total. The minimum absolute atomic E-state index is 0.161. The molecule has 0 bridgehead atoms. The van der Waals surface area contributed by atoms with Crippen molar-refractivity contribution in [2.24, 2.45) is 11.3 Å². The van der Waals surface area contributed by atoms with Crippen molar-refractivity contribution in [3.8, 4) is 0 Å². The number of hydrogen-bond acceptors (Lipinski definition) is 1. The van der Waals surface area contributed by atoms with Crippen LogP contribution in [0.3, 0.4) is 0 Å². The number of hydrogen-bond donors (Lipinski definition) is 1. The van der Waals surface area contributed by atoms with E-state index in [2.05, 4.69) is 48.9 Å². The smallest absolute Gasteiger partial charge is 0.137 e. The first-order valence-corrected chi connectivity index (χ1v) is 7.31.